The van der Waals surface area contributed by atoms with Gasteiger partial charge in [0.1, 0.15) is 6.10 Å². The quantitative estimate of drug-likeness (QED) is 0.823. The fraction of sp³-hybridized carbons (Fsp3) is 0.647. The van der Waals surface area contributed by atoms with Crippen molar-refractivity contribution in [2.75, 3.05) is 32.8 Å². The van der Waals surface area contributed by atoms with E-state index in [4.69, 9.17) is 4.74 Å². The Hall–Kier alpha value is -1.82. The van der Waals surface area contributed by atoms with E-state index in [0.29, 0.717) is 32.8 Å². The van der Waals surface area contributed by atoms with Gasteiger partial charge in [-0.05, 0) is 32.3 Å². The Bertz CT molecular complexity index is 590. The van der Waals surface area contributed by atoms with Crippen LogP contribution in [0.1, 0.15) is 35.3 Å². The van der Waals surface area contributed by atoms with Gasteiger partial charge in [-0.15, -0.1) is 0 Å². The molecule has 2 aliphatic heterocycles. The number of aryl methyl sites for hydroxylation is 1. The van der Waals surface area contributed by atoms with E-state index in [-0.39, 0.29) is 17.9 Å². The normalized spacial score (nSPS) is 22.3. The highest BCUT2D eigenvalue weighted by atomic mass is 16.5. The van der Waals surface area contributed by atoms with Gasteiger partial charge in [0, 0.05) is 51.7 Å². The summed E-state index contributed by atoms with van der Waals surface area (Å²) >= 11 is 0. The molecule has 0 aromatic carbocycles. The first-order valence-corrected chi connectivity index (χ1v) is 8.39. The predicted molar refractivity (Wildman–Crippen MR) is 86.2 cm³/mol. The summed E-state index contributed by atoms with van der Waals surface area (Å²) in [4.78, 5) is 28.9. The van der Waals surface area contributed by atoms with Crippen LogP contribution in [-0.2, 0) is 16.6 Å². The molecule has 126 valence electrons. The molecule has 0 unspecified atom stereocenters. The maximum atomic E-state index is 12.7. The van der Waals surface area contributed by atoms with Crippen LogP contribution < -0.4 is 0 Å². The molecule has 0 bridgehead atoms. The Morgan fingerprint density at radius 3 is 2.52 bits per heavy atom. The fourth-order valence-corrected chi connectivity index (χ4v) is 3.32. The average Bonchev–Trinajstić information content (AvgIpc) is 3.11. The maximum Gasteiger partial charge on any atom is 0.255 e. The molecule has 1 atom stereocenters. The summed E-state index contributed by atoms with van der Waals surface area (Å²) in [5.74, 6) is 0.155. The molecule has 0 radical (unpaired) electrons. The van der Waals surface area contributed by atoms with Crippen LogP contribution in [0.25, 0.3) is 0 Å². The van der Waals surface area contributed by atoms with Crippen molar-refractivity contribution in [1.29, 1.82) is 0 Å². The molecule has 2 amide bonds. The van der Waals surface area contributed by atoms with E-state index >= 15 is 0 Å². The van der Waals surface area contributed by atoms with Crippen molar-refractivity contribution in [3.05, 3.63) is 23.5 Å². The van der Waals surface area contributed by atoms with Gasteiger partial charge in [-0.1, -0.05) is 0 Å². The van der Waals surface area contributed by atoms with E-state index < -0.39 is 0 Å². The van der Waals surface area contributed by atoms with Gasteiger partial charge in [-0.2, -0.15) is 0 Å². The molecule has 2 saturated heterocycles. The maximum absolute atomic E-state index is 12.7. The Kier molecular flexibility index (Phi) is 4.71. The SMILES string of the molecule is Cc1c(C(=O)N2CCCN(C(=O)[C@H]3CCCO3)CC2)ccn1C. The van der Waals surface area contributed by atoms with Crippen LogP contribution in [0.4, 0.5) is 0 Å². The second-order valence-corrected chi connectivity index (χ2v) is 6.40. The molecule has 2 fully saturated rings. The number of carbonyl (C=O) groups is 2. The van der Waals surface area contributed by atoms with E-state index in [0.717, 1.165) is 30.5 Å². The first kappa shape index (κ1) is 16.1. The number of carbonyl (C=O) groups excluding carboxylic acids is 2. The largest absolute Gasteiger partial charge is 0.368 e. The molecular formula is C17H25N3O3. The zero-order valence-electron chi connectivity index (χ0n) is 14.0. The van der Waals surface area contributed by atoms with Gasteiger partial charge in [0.25, 0.3) is 11.8 Å². The van der Waals surface area contributed by atoms with Gasteiger partial charge in [0.2, 0.25) is 0 Å². The van der Waals surface area contributed by atoms with Crippen molar-refractivity contribution in [3.8, 4) is 0 Å². The zero-order valence-corrected chi connectivity index (χ0v) is 14.0. The Morgan fingerprint density at radius 1 is 1.13 bits per heavy atom. The minimum absolute atomic E-state index is 0.0644. The summed E-state index contributed by atoms with van der Waals surface area (Å²) in [6, 6.07) is 1.87. The molecule has 2 aliphatic rings. The molecule has 0 N–H and O–H groups in total. The number of hydrogen-bond acceptors (Lipinski definition) is 3. The number of rotatable bonds is 2. The van der Waals surface area contributed by atoms with E-state index in [1.165, 1.54) is 0 Å². The lowest BCUT2D eigenvalue weighted by Gasteiger charge is -2.24. The molecule has 0 saturated carbocycles. The lowest BCUT2D eigenvalue weighted by Crippen LogP contribution is -2.41. The van der Waals surface area contributed by atoms with Crippen molar-refractivity contribution in [2.45, 2.75) is 32.3 Å². The van der Waals surface area contributed by atoms with Crippen LogP contribution in [0.15, 0.2) is 12.3 Å². The lowest BCUT2D eigenvalue weighted by atomic mass is 10.2. The van der Waals surface area contributed by atoms with Crippen molar-refractivity contribution in [1.82, 2.24) is 14.4 Å². The van der Waals surface area contributed by atoms with Gasteiger partial charge < -0.3 is 19.1 Å². The van der Waals surface area contributed by atoms with Crippen LogP contribution in [0.2, 0.25) is 0 Å². The number of aromatic nitrogens is 1. The highest BCUT2D eigenvalue weighted by molar-refractivity contribution is 5.95. The third kappa shape index (κ3) is 3.27. The second-order valence-electron chi connectivity index (χ2n) is 6.40. The van der Waals surface area contributed by atoms with E-state index in [1.807, 2.05) is 40.6 Å². The summed E-state index contributed by atoms with van der Waals surface area (Å²) in [6.07, 6.45) is 4.24. The van der Waals surface area contributed by atoms with Crippen LogP contribution >= 0.6 is 0 Å². The first-order valence-electron chi connectivity index (χ1n) is 8.39. The fourth-order valence-electron chi connectivity index (χ4n) is 3.32. The van der Waals surface area contributed by atoms with Gasteiger partial charge in [-0.25, -0.2) is 0 Å². The van der Waals surface area contributed by atoms with E-state index in [9.17, 15) is 9.59 Å². The summed E-state index contributed by atoms with van der Waals surface area (Å²) in [5.41, 5.74) is 1.73. The number of amides is 2. The Morgan fingerprint density at radius 2 is 1.87 bits per heavy atom. The van der Waals surface area contributed by atoms with E-state index in [1.54, 1.807) is 0 Å². The summed E-state index contributed by atoms with van der Waals surface area (Å²) in [7, 11) is 1.94. The highest BCUT2D eigenvalue weighted by Gasteiger charge is 2.30. The van der Waals surface area contributed by atoms with Crippen LogP contribution in [0.5, 0.6) is 0 Å². The third-order valence-electron chi connectivity index (χ3n) is 4.91. The van der Waals surface area contributed by atoms with E-state index in [2.05, 4.69) is 0 Å². The topological polar surface area (TPSA) is 54.8 Å². The molecule has 6 nitrogen and oxygen atoms in total. The van der Waals surface area contributed by atoms with Crippen molar-refractivity contribution in [2.24, 2.45) is 7.05 Å². The Labute approximate surface area is 137 Å². The summed E-state index contributed by atoms with van der Waals surface area (Å²) in [6.45, 7) is 5.22. The third-order valence-corrected chi connectivity index (χ3v) is 4.91. The molecule has 23 heavy (non-hydrogen) atoms. The zero-order chi connectivity index (χ0) is 16.4. The van der Waals surface area contributed by atoms with Gasteiger partial charge in [0.15, 0.2) is 0 Å². The molecule has 1 aromatic heterocycles. The minimum Gasteiger partial charge on any atom is -0.368 e. The van der Waals surface area contributed by atoms with Crippen LogP contribution in [0, 0.1) is 6.92 Å². The number of ether oxygens (including phenoxy) is 1. The second kappa shape index (κ2) is 6.74. The van der Waals surface area contributed by atoms with Crippen molar-refractivity contribution < 1.29 is 14.3 Å². The summed E-state index contributed by atoms with van der Waals surface area (Å²) < 4.78 is 7.45. The molecule has 1 aromatic rings. The monoisotopic (exact) mass is 319 g/mol. The van der Waals surface area contributed by atoms with Crippen LogP contribution in [0.3, 0.4) is 0 Å². The molecule has 3 rings (SSSR count). The molecule has 0 aliphatic carbocycles. The van der Waals surface area contributed by atoms with Gasteiger partial charge in [0.05, 0.1) is 5.56 Å². The van der Waals surface area contributed by atoms with Gasteiger partial charge in [-0.3, -0.25) is 9.59 Å². The average molecular weight is 319 g/mol. The smallest absolute Gasteiger partial charge is 0.255 e. The first-order chi connectivity index (χ1) is 11.1. The Balaban J connectivity index is 1.63. The molecule has 6 heteroatoms. The van der Waals surface area contributed by atoms with Crippen molar-refractivity contribution in [3.63, 3.8) is 0 Å². The standard InChI is InChI=1S/C17H25N3O3/c1-13-14(6-9-18(13)2)16(21)19-7-4-8-20(11-10-19)17(22)15-5-3-12-23-15/h6,9,15H,3-5,7-8,10-12H2,1-2H3/t15-/m1/s1. The molecular weight excluding hydrogens is 294 g/mol. The number of nitrogens with zero attached hydrogens (tertiary/aromatic N) is 3. The highest BCUT2D eigenvalue weighted by Crippen LogP contribution is 2.17. The number of hydrogen-bond donors (Lipinski definition) is 0. The predicted octanol–water partition coefficient (Wildman–Crippen LogP) is 1.19. The lowest BCUT2D eigenvalue weighted by molar-refractivity contribution is -0.140. The van der Waals surface area contributed by atoms with Crippen molar-refractivity contribution >= 4 is 11.8 Å². The summed E-state index contributed by atoms with van der Waals surface area (Å²) in [5, 5.41) is 0. The minimum atomic E-state index is -0.270. The molecule has 0 spiro atoms. The molecule has 3 heterocycles. The van der Waals surface area contributed by atoms with Gasteiger partial charge >= 0.3 is 0 Å². The van der Waals surface area contributed by atoms with Crippen LogP contribution in [-0.4, -0.2) is 65.1 Å².